The van der Waals surface area contributed by atoms with Gasteiger partial charge in [-0.25, -0.2) is 0 Å². The van der Waals surface area contributed by atoms with E-state index in [-0.39, 0.29) is 5.92 Å². The van der Waals surface area contributed by atoms with Crippen molar-refractivity contribution in [1.82, 2.24) is 10.3 Å². The standard InChI is InChI=1S/C10H11F3N2/c11-10(12,13)8-1-2-9(15-6-8)7-3-4-14-5-7/h1-2,6-7,14H,3-5H2/t7-/m0/s1. The maximum absolute atomic E-state index is 12.2. The molecule has 15 heavy (non-hydrogen) atoms. The van der Waals surface area contributed by atoms with Crippen LogP contribution in [0.5, 0.6) is 0 Å². The van der Waals surface area contributed by atoms with Crippen LogP contribution in [0.1, 0.15) is 23.6 Å². The third-order valence-electron chi connectivity index (χ3n) is 2.59. The first kappa shape index (κ1) is 10.4. The Kier molecular flexibility index (Phi) is 2.65. The number of halogens is 3. The van der Waals surface area contributed by atoms with Gasteiger partial charge in [-0.15, -0.1) is 0 Å². The topological polar surface area (TPSA) is 24.9 Å². The fraction of sp³-hybridized carbons (Fsp3) is 0.500. The summed E-state index contributed by atoms with van der Waals surface area (Å²) in [5.74, 6) is 0.257. The summed E-state index contributed by atoms with van der Waals surface area (Å²) >= 11 is 0. The van der Waals surface area contributed by atoms with Crippen LogP contribution in [-0.2, 0) is 6.18 Å². The van der Waals surface area contributed by atoms with E-state index >= 15 is 0 Å². The van der Waals surface area contributed by atoms with Crippen molar-refractivity contribution in [1.29, 1.82) is 0 Å². The maximum Gasteiger partial charge on any atom is 0.417 e. The largest absolute Gasteiger partial charge is 0.417 e. The molecule has 0 amide bonds. The molecule has 1 atom stereocenters. The van der Waals surface area contributed by atoms with E-state index in [1.165, 1.54) is 6.07 Å². The zero-order valence-electron chi connectivity index (χ0n) is 8.01. The fourth-order valence-electron chi connectivity index (χ4n) is 1.72. The predicted molar refractivity (Wildman–Crippen MR) is 49.5 cm³/mol. The van der Waals surface area contributed by atoms with Crippen LogP contribution in [0.4, 0.5) is 13.2 Å². The first-order chi connectivity index (χ1) is 7.07. The Morgan fingerprint density at radius 2 is 2.13 bits per heavy atom. The number of hydrogen-bond donors (Lipinski definition) is 1. The molecule has 5 heteroatoms. The molecule has 1 N–H and O–H groups in total. The normalized spacial score (nSPS) is 21.9. The van der Waals surface area contributed by atoms with Gasteiger partial charge in [-0.05, 0) is 25.1 Å². The molecule has 0 spiro atoms. The fourth-order valence-corrected chi connectivity index (χ4v) is 1.72. The molecule has 0 bridgehead atoms. The number of nitrogens with zero attached hydrogens (tertiary/aromatic N) is 1. The van der Waals surface area contributed by atoms with E-state index < -0.39 is 11.7 Å². The number of nitrogens with one attached hydrogen (secondary N) is 1. The molecule has 0 saturated carbocycles. The molecule has 1 aliphatic heterocycles. The van der Waals surface area contributed by atoms with E-state index in [4.69, 9.17) is 0 Å². The van der Waals surface area contributed by atoms with E-state index in [0.29, 0.717) is 0 Å². The zero-order chi connectivity index (χ0) is 10.9. The number of pyridine rings is 1. The molecule has 2 rings (SSSR count). The molecule has 0 unspecified atom stereocenters. The van der Waals surface area contributed by atoms with Crippen LogP contribution in [0.2, 0.25) is 0 Å². The van der Waals surface area contributed by atoms with Gasteiger partial charge in [-0.2, -0.15) is 13.2 Å². The summed E-state index contributed by atoms with van der Waals surface area (Å²) in [6.07, 6.45) is -2.44. The molecule has 1 fully saturated rings. The Morgan fingerprint density at radius 1 is 1.33 bits per heavy atom. The van der Waals surface area contributed by atoms with Gasteiger partial charge in [0.05, 0.1) is 5.56 Å². The van der Waals surface area contributed by atoms with E-state index in [1.54, 1.807) is 0 Å². The highest BCUT2D eigenvalue weighted by atomic mass is 19.4. The highest BCUT2D eigenvalue weighted by molar-refractivity contribution is 5.20. The molecule has 2 heterocycles. The molecular formula is C10H11F3N2. The Bertz CT molecular complexity index is 326. The van der Waals surface area contributed by atoms with Gasteiger partial charge in [0.15, 0.2) is 0 Å². The molecule has 0 aromatic carbocycles. The summed E-state index contributed by atoms with van der Waals surface area (Å²) < 4.78 is 36.7. The number of hydrogen-bond acceptors (Lipinski definition) is 2. The highest BCUT2D eigenvalue weighted by Gasteiger charge is 2.31. The Hall–Kier alpha value is -1.10. The molecule has 1 aliphatic rings. The number of alkyl halides is 3. The summed E-state index contributed by atoms with van der Waals surface area (Å²) in [6.45, 7) is 1.71. The van der Waals surface area contributed by atoms with Crippen LogP contribution in [0.15, 0.2) is 18.3 Å². The Morgan fingerprint density at radius 3 is 2.60 bits per heavy atom. The Labute approximate surface area is 85.5 Å². The second-order valence-corrected chi connectivity index (χ2v) is 3.66. The smallest absolute Gasteiger partial charge is 0.316 e. The minimum Gasteiger partial charge on any atom is -0.316 e. The lowest BCUT2D eigenvalue weighted by molar-refractivity contribution is -0.137. The lowest BCUT2D eigenvalue weighted by atomic mass is 10.0. The first-order valence-corrected chi connectivity index (χ1v) is 4.81. The quantitative estimate of drug-likeness (QED) is 0.778. The van der Waals surface area contributed by atoms with Crippen molar-refractivity contribution in [3.05, 3.63) is 29.6 Å². The molecule has 82 valence electrons. The third kappa shape index (κ3) is 2.28. The van der Waals surface area contributed by atoms with Gasteiger partial charge in [0, 0.05) is 24.4 Å². The van der Waals surface area contributed by atoms with Crippen molar-refractivity contribution in [3.63, 3.8) is 0 Å². The Balaban J connectivity index is 2.16. The lowest BCUT2D eigenvalue weighted by Gasteiger charge is -2.10. The van der Waals surface area contributed by atoms with Crippen LogP contribution in [0.25, 0.3) is 0 Å². The van der Waals surface area contributed by atoms with E-state index in [9.17, 15) is 13.2 Å². The minimum absolute atomic E-state index is 0.257. The second-order valence-electron chi connectivity index (χ2n) is 3.66. The molecular weight excluding hydrogens is 205 g/mol. The van der Waals surface area contributed by atoms with Crippen LogP contribution >= 0.6 is 0 Å². The number of aromatic nitrogens is 1. The average Bonchev–Trinajstić information content (AvgIpc) is 2.69. The van der Waals surface area contributed by atoms with Gasteiger partial charge in [0.1, 0.15) is 0 Å². The molecule has 1 aromatic heterocycles. The van der Waals surface area contributed by atoms with Crippen molar-refractivity contribution in [2.75, 3.05) is 13.1 Å². The van der Waals surface area contributed by atoms with Gasteiger partial charge < -0.3 is 5.32 Å². The summed E-state index contributed by atoms with van der Waals surface area (Å²) in [5.41, 5.74) is 0.0604. The third-order valence-corrected chi connectivity index (χ3v) is 2.59. The van der Waals surface area contributed by atoms with Crippen molar-refractivity contribution < 1.29 is 13.2 Å². The minimum atomic E-state index is -4.29. The molecule has 0 radical (unpaired) electrons. The van der Waals surface area contributed by atoms with Crippen LogP contribution in [0, 0.1) is 0 Å². The summed E-state index contributed by atoms with van der Waals surface area (Å²) in [6, 6.07) is 2.57. The van der Waals surface area contributed by atoms with Crippen molar-refractivity contribution >= 4 is 0 Å². The van der Waals surface area contributed by atoms with Crippen molar-refractivity contribution in [3.8, 4) is 0 Å². The predicted octanol–water partition coefficient (Wildman–Crippen LogP) is 2.18. The summed E-state index contributed by atoms with van der Waals surface area (Å²) in [5, 5.41) is 3.15. The van der Waals surface area contributed by atoms with Crippen LogP contribution < -0.4 is 5.32 Å². The van der Waals surface area contributed by atoms with Gasteiger partial charge in [0.2, 0.25) is 0 Å². The van der Waals surface area contributed by atoms with Gasteiger partial charge >= 0.3 is 6.18 Å². The van der Waals surface area contributed by atoms with E-state index in [1.807, 2.05) is 0 Å². The van der Waals surface area contributed by atoms with Gasteiger partial charge in [-0.1, -0.05) is 0 Å². The van der Waals surface area contributed by atoms with Gasteiger partial charge in [-0.3, -0.25) is 4.98 Å². The second kappa shape index (κ2) is 3.81. The van der Waals surface area contributed by atoms with Gasteiger partial charge in [0.25, 0.3) is 0 Å². The SMILES string of the molecule is FC(F)(F)c1ccc([C@H]2CCNC2)nc1. The number of rotatable bonds is 1. The van der Waals surface area contributed by atoms with Crippen LogP contribution in [0.3, 0.4) is 0 Å². The summed E-state index contributed by atoms with van der Waals surface area (Å²) in [4.78, 5) is 3.87. The van der Waals surface area contributed by atoms with E-state index in [2.05, 4.69) is 10.3 Å². The maximum atomic E-state index is 12.2. The first-order valence-electron chi connectivity index (χ1n) is 4.81. The monoisotopic (exact) mass is 216 g/mol. The van der Waals surface area contributed by atoms with Crippen LogP contribution in [-0.4, -0.2) is 18.1 Å². The summed E-state index contributed by atoms with van der Waals surface area (Å²) in [7, 11) is 0. The van der Waals surface area contributed by atoms with Crippen molar-refractivity contribution in [2.24, 2.45) is 0 Å². The average molecular weight is 216 g/mol. The van der Waals surface area contributed by atoms with Crippen molar-refractivity contribution in [2.45, 2.75) is 18.5 Å². The molecule has 1 saturated heterocycles. The molecule has 1 aromatic rings. The highest BCUT2D eigenvalue weighted by Crippen LogP contribution is 2.29. The molecule has 0 aliphatic carbocycles. The zero-order valence-corrected chi connectivity index (χ0v) is 8.01. The lowest BCUT2D eigenvalue weighted by Crippen LogP contribution is -2.10. The molecule has 2 nitrogen and oxygen atoms in total. The van der Waals surface area contributed by atoms with E-state index in [0.717, 1.165) is 37.5 Å².